The number of nitrogens with one attached hydrogen (secondary N) is 1. The number of benzene rings is 2. The highest BCUT2D eigenvalue weighted by molar-refractivity contribution is 5.97. The van der Waals surface area contributed by atoms with Gasteiger partial charge in [0, 0.05) is 24.1 Å². The van der Waals surface area contributed by atoms with Crippen LogP contribution in [0.4, 0.5) is 10.1 Å². The van der Waals surface area contributed by atoms with Crippen molar-refractivity contribution >= 4 is 17.5 Å². The van der Waals surface area contributed by atoms with E-state index in [2.05, 4.69) is 5.32 Å². The normalized spacial score (nSPS) is 11.5. The standard InChI is InChI=1S/C16H14FN3O4/c17-12-5-3-11(4-6-12)16(22)19-14(15(18)21)9-10-1-7-13(8-2-10)20(23)24/h1-8,14H,9H2,(H2,18,21)(H,19,22)/t14-/m0/s1. The summed E-state index contributed by atoms with van der Waals surface area (Å²) in [5.41, 5.74) is 6.00. The zero-order valence-electron chi connectivity index (χ0n) is 12.4. The minimum atomic E-state index is -0.996. The second-order valence-corrected chi connectivity index (χ2v) is 5.06. The van der Waals surface area contributed by atoms with Crippen molar-refractivity contribution in [1.82, 2.24) is 5.32 Å². The summed E-state index contributed by atoms with van der Waals surface area (Å²) in [5.74, 6) is -1.80. The number of halogens is 1. The van der Waals surface area contributed by atoms with Crippen LogP contribution < -0.4 is 11.1 Å². The first-order chi connectivity index (χ1) is 11.4. The Hall–Kier alpha value is -3.29. The molecule has 8 heteroatoms. The first kappa shape index (κ1) is 17.1. The molecule has 0 saturated heterocycles. The highest BCUT2D eigenvalue weighted by Crippen LogP contribution is 2.13. The molecule has 7 nitrogen and oxygen atoms in total. The molecule has 2 rings (SSSR count). The Morgan fingerprint density at radius 2 is 1.71 bits per heavy atom. The van der Waals surface area contributed by atoms with Crippen LogP contribution in [-0.2, 0) is 11.2 Å². The molecule has 0 radical (unpaired) electrons. The summed E-state index contributed by atoms with van der Waals surface area (Å²) in [4.78, 5) is 33.7. The maximum atomic E-state index is 12.9. The number of nitro benzene ring substituents is 1. The van der Waals surface area contributed by atoms with E-state index < -0.39 is 28.6 Å². The molecule has 2 amide bonds. The summed E-state index contributed by atoms with van der Waals surface area (Å²) in [6.07, 6.45) is 0.0836. The third-order valence-corrected chi connectivity index (χ3v) is 3.34. The molecular formula is C16H14FN3O4. The average molecular weight is 331 g/mol. The van der Waals surface area contributed by atoms with Crippen molar-refractivity contribution in [2.45, 2.75) is 12.5 Å². The molecule has 2 aromatic carbocycles. The van der Waals surface area contributed by atoms with E-state index in [1.165, 1.54) is 36.4 Å². The minimum Gasteiger partial charge on any atom is -0.368 e. The summed E-state index contributed by atoms with van der Waals surface area (Å²) >= 11 is 0. The van der Waals surface area contributed by atoms with Crippen molar-refractivity contribution in [2.75, 3.05) is 0 Å². The molecule has 0 saturated carbocycles. The Labute approximate surface area is 136 Å². The topological polar surface area (TPSA) is 115 Å². The number of amides is 2. The maximum absolute atomic E-state index is 12.9. The Morgan fingerprint density at radius 1 is 1.12 bits per heavy atom. The second-order valence-electron chi connectivity index (χ2n) is 5.06. The number of carbonyl (C=O) groups is 2. The van der Waals surface area contributed by atoms with Crippen LogP contribution >= 0.6 is 0 Å². The van der Waals surface area contributed by atoms with Crippen LogP contribution in [0, 0.1) is 15.9 Å². The fourth-order valence-electron chi connectivity index (χ4n) is 2.06. The largest absolute Gasteiger partial charge is 0.368 e. The van der Waals surface area contributed by atoms with Crippen LogP contribution in [0.2, 0.25) is 0 Å². The molecule has 0 heterocycles. The number of non-ortho nitro benzene ring substituents is 1. The molecule has 2 aromatic rings. The summed E-state index contributed by atoms with van der Waals surface area (Å²) in [6.45, 7) is 0. The van der Waals surface area contributed by atoms with E-state index in [1.807, 2.05) is 0 Å². The van der Waals surface area contributed by atoms with Crippen molar-refractivity contribution in [3.8, 4) is 0 Å². The van der Waals surface area contributed by atoms with Gasteiger partial charge in [-0.15, -0.1) is 0 Å². The summed E-state index contributed by atoms with van der Waals surface area (Å²) in [6, 6.07) is 9.41. The second kappa shape index (κ2) is 7.32. The molecule has 0 spiro atoms. The van der Waals surface area contributed by atoms with Crippen LogP contribution in [0.3, 0.4) is 0 Å². The monoisotopic (exact) mass is 331 g/mol. The molecule has 0 aromatic heterocycles. The van der Waals surface area contributed by atoms with Crippen LogP contribution in [0.25, 0.3) is 0 Å². The summed E-state index contributed by atoms with van der Waals surface area (Å²) in [5, 5.41) is 13.1. The molecule has 24 heavy (non-hydrogen) atoms. The lowest BCUT2D eigenvalue weighted by Gasteiger charge is -2.15. The first-order valence-corrected chi connectivity index (χ1v) is 6.96. The van der Waals surface area contributed by atoms with Crippen molar-refractivity contribution < 1.29 is 18.9 Å². The van der Waals surface area contributed by atoms with E-state index in [0.29, 0.717) is 5.56 Å². The zero-order chi connectivity index (χ0) is 17.7. The number of rotatable bonds is 6. The van der Waals surface area contributed by atoms with Gasteiger partial charge in [0.15, 0.2) is 0 Å². The molecule has 0 aliphatic rings. The highest BCUT2D eigenvalue weighted by Gasteiger charge is 2.20. The van der Waals surface area contributed by atoms with E-state index in [1.54, 1.807) is 0 Å². The van der Waals surface area contributed by atoms with Gasteiger partial charge in [-0.25, -0.2) is 4.39 Å². The van der Waals surface area contributed by atoms with Gasteiger partial charge in [-0.2, -0.15) is 0 Å². The third-order valence-electron chi connectivity index (χ3n) is 3.34. The summed E-state index contributed by atoms with van der Waals surface area (Å²) < 4.78 is 12.9. The van der Waals surface area contributed by atoms with Gasteiger partial charge in [0.05, 0.1) is 4.92 Å². The lowest BCUT2D eigenvalue weighted by atomic mass is 10.0. The van der Waals surface area contributed by atoms with Gasteiger partial charge in [0.2, 0.25) is 5.91 Å². The van der Waals surface area contributed by atoms with Crippen molar-refractivity contribution in [1.29, 1.82) is 0 Å². The molecular weight excluding hydrogens is 317 g/mol. The summed E-state index contributed by atoms with van der Waals surface area (Å²) in [7, 11) is 0. The van der Waals surface area contributed by atoms with E-state index in [4.69, 9.17) is 5.73 Å². The fraction of sp³-hybridized carbons (Fsp3) is 0.125. The minimum absolute atomic E-state index is 0.0790. The lowest BCUT2D eigenvalue weighted by Crippen LogP contribution is -2.45. The Balaban J connectivity index is 2.09. The maximum Gasteiger partial charge on any atom is 0.269 e. The number of hydrogen-bond donors (Lipinski definition) is 2. The highest BCUT2D eigenvalue weighted by atomic mass is 19.1. The van der Waals surface area contributed by atoms with Gasteiger partial charge in [0.25, 0.3) is 11.6 Å². The van der Waals surface area contributed by atoms with E-state index in [9.17, 15) is 24.1 Å². The van der Waals surface area contributed by atoms with Gasteiger partial charge in [-0.3, -0.25) is 19.7 Å². The Bertz CT molecular complexity index is 760. The van der Waals surface area contributed by atoms with Crippen LogP contribution in [0.1, 0.15) is 15.9 Å². The van der Waals surface area contributed by atoms with E-state index in [-0.39, 0.29) is 17.7 Å². The molecule has 3 N–H and O–H groups in total. The number of hydrogen-bond acceptors (Lipinski definition) is 4. The number of nitro groups is 1. The SMILES string of the molecule is NC(=O)[C@H](Cc1ccc([N+](=O)[O-])cc1)NC(=O)c1ccc(F)cc1. The molecule has 0 fully saturated rings. The third kappa shape index (κ3) is 4.35. The van der Waals surface area contributed by atoms with E-state index >= 15 is 0 Å². The molecule has 0 unspecified atom stereocenters. The van der Waals surface area contributed by atoms with Crippen LogP contribution in [0.5, 0.6) is 0 Å². The number of primary amides is 1. The number of nitrogens with two attached hydrogens (primary N) is 1. The average Bonchev–Trinajstić information content (AvgIpc) is 2.55. The first-order valence-electron chi connectivity index (χ1n) is 6.96. The molecule has 0 aliphatic heterocycles. The molecule has 1 atom stereocenters. The van der Waals surface area contributed by atoms with Gasteiger partial charge in [-0.05, 0) is 29.8 Å². The van der Waals surface area contributed by atoms with Gasteiger partial charge >= 0.3 is 0 Å². The number of carbonyl (C=O) groups excluding carboxylic acids is 2. The molecule has 0 bridgehead atoms. The van der Waals surface area contributed by atoms with Crippen molar-refractivity contribution in [3.63, 3.8) is 0 Å². The predicted octanol–water partition coefficient (Wildman–Crippen LogP) is 1.56. The lowest BCUT2D eigenvalue weighted by molar-refractivity contribution is -0.384. The Morgan fingerprint density at radius 3 is 2.21 bits per heavy atom. The van der Waals surface area contributed by atoms with Gasteiger partial charge in [-0.1, -0.05) is 12.1 Å². The number of nitrogens with zero attached hydrogens (tertiary/aromatic N) is 1. The van der Waals surface area contributed by atoms with Gasteiger partial charge < -0.3 is 11.1 Å². The van der Waals surface area contributed by atoms with Crippen LogP contribution in [-0.4, -0.2) is 22.8 Å². The molecule has 0 aliphatic carbocycles. The molecule has 124 valence electrons. The quantitative estimate of drug-likeness (QED) is 0.617. The smallest absolute Gasteiger partial charge is 0.269 e. The van der Waals surface area contributed by atoms with Crippen LogP contribution in [0.15, 0.2) is 48.5 Å². The van der Waals surface area contributed by atoms with Gasteiger partial charge in [0.1, 0.15) is 11.9 Å². The van der Waals surface area contributed by atoms with Crippen molar-refractivity contribution in [2.24, 2.45) is 5.73 Å². The fourth-order valence-corrected chi connectivity index (χ4v) is 2.06. The zero-order valence-corrected chi connectivity index (χ0v) is 12.4. The van der Waals surface area contributed by atoms with Crippen molar-refractivity contribution in [3.05, 3.63) is 75.6 Å². The van der Waals surface area contributed by atoms with E-state index in [0.717, 1.165) is 12.1 Å². The predicted molar refractivity (Wildman–Crippen MR) is 83.6 cm³/mol. The Kier molecular flexibility index (Phi) is 5.20.